The van der Waals surface area contributed by atoms with Crippen molar-refractivity contribution in [2.24, 2.45) is 5.73 Å². The van der Waals surface area contributed by atoms with Crippen molar-refractivity contribution in [1.82, 2.24) is 4.98 Å². The molecule has 0 radical (unpaired) electrons. The first-order chi connectivity index (χ1) is 13.8. The lowest BCUT2D eigenvalue weighted by atomic mass is 10.2. The van der Waals surface area contributed by atoms with Crippen LogP contribution in [-0.4, -0.2) is 22.7 Å². The van der Waals surface area contributed by atoms with Crippen LogP contribution < -0.4 is 21.7 Å². The second kappa shape index (κ2) is 8.53. The summed E-state index contributed by atoms with van der Waals surface area (Å²) < 4.78 is 0. The van der Waals surface area contributed by atoms with Crippen molar-refractivity contribution in [3.8, 4) is 0 Å². The average molecular weight is 409 g/mol. The molecule has 2 aromatic carbocycles. The highest BCUT2D eigenvalue weighted by atomic mass is 32.1. The van der Waals surface area contributed by atoms with Gasteiger partial charge in [0.15, 0.2) is 10.8 Å². The van der Waals surface area contributed by atoms with Crippen molar-refractivity contribution < 1.29 is 14.4 Å². The third-order valence-electron chi connectivity index (χ3n) is 3.86. The van der Waals surface area contributed by atoms with E-state index in [1.807, 2.05) is 31.2 Å². The summed E-state index contributed by atoms with van der Waals surface area (Å²) in [6.45, 7) is 3.38. The van der Waals surface area contributed by atoms with Gasteiger partial charge in [0.1, 0.15) is 5.00 Å². The number of carbonyl (C=O) groups excluding carboxylic acids is 3. The fourth-order valence-electron chi connectivity index (χ4n) is 2.47. The summed E-state index contributed by atoms with van der Waals surface area (Å²) in [4.78, 5) is 39.6. The number of aryl methyl sites for hydroxylation is 1. The van der Waals surface area contributed by atoms with E-state index in [4.69, 9.17) is 5.73 Å². The third-order valence-corrected chi connectivity index (χ3v) is 4.74. The number of hydrogen-bond acceptors (Lipinski definition) is 6. The minimum absolute atomic E-state index is 0.0205. The number of nitrogens with zero attached hydrogens (tertiary/aromatic N) is 1. The highest BCUT2D eigenvalue weighted by Gasteiger charge is 2.19. The van der Waals surface area contributed by atoms with E-state index in [9.17, 15) is 14.4 Å². The standard InChI is InChI=1S/C20H19N5O3S/c1-11-3-7-15(8-4-11)23-20-24-16(17(21)27)19(29-20)25-18(28)13-5-9-14(10-6-13)22-12(2)26/h3-10H,1-2H3,(H2,21,27)(H,22,26)(H,23,24)(H,25,28). The second-order valence-electron chi connectivity index (χ2n) is 6.26. The summed E-state index contributed by atoms with van der Waals surface area (Å²) in [6, 6.07) is 14.0. The molecular weight excluding hydrogens is 390 g/mol. The maximum Gasteiger partial charge on any atom is 0.270 e. The van der Waals surface area contributed by atoms with E-state index in [-0.39, 0.29) is 16.6 Å². The van der Waals surface area contributed by atoms with Gasteiger partial charge in [-0.05, 0) is 43.3 Å². The first-order valence-corrected chi connectivity index (χ1v) is 9.47. The van der Waals surface area contributed by atoms with E-state index in [1.165, 1.54) is 6.92 Å². The largest absolute Gasteiger partial charge is 0.364 e. The molecule has 0 aliphatic carbocycles. The molecule has 0 spiro atoms. The topological polar surface area (TPSA) is 126 Å². The number of aromatic nitrogens is 1. The molecule has 0 unspecified atom stereocenters. The van der Waals surface area contributed by atoms with E-state index in [0.717, 1.165) is 22.6 Å². The predicted molar refractivity (Wildman–Crippen MR) is 114 cm³/mol. The Kier molecular flexibility index (Phi) is 5.89. The molecular formula is C20H19N5O3S. The van der Waals surface area contributed by atoms with Gasteiger partial charge >= 0.3 is 0 Å². The van der Waals surface area contributed by atoms with E-state index in [0.29, 0.717) is 16.4 Å². The molecule has 148 valence electrons. The van der Waals surface area contributed by atoms with Crippen LogP contribution in [0.2, 0.25) is 0 Å². The molecule has 0 saturated carbocycles. The molecule has 3 aromatic rings. The summed E-state index contributed by atoms with van der Waals surface area (Å²) >= 11 is 1.11. The summed E-state index contributed by atoms with van der Waals surface area (Å²) in [5.74, 6) is -1.37. The number of rotatable bonds is 6. The van der Waals surface area contributed by atoms with E-state index in [1.54, 1.807) is 24.3 Å². The monoisotopic (exact) mass is 409 g/mol. The van der Waals surface area contributed by atoms with Crippen LogP contribution in [0.3, 0.4) is 0 Å². The summed E-state index contributed by atoms with van der Waals surface area (Å²) in [5.41, 5.74) is 8.24. The van der Waals surface area contributed by atoms with E-state index < -0.39 is 11.8 Å². The Morgan fingerprint density at radius 1 is 0.931 bits per heavy atom. The van der Waals surface area contributed by atoms with Crippen molar-refractivity contribution in [2.45, 2.75) is 13.8 Å². The fraction of sp³-hybridized carbons (Fsp3) is 0.100. The van der Waals surface area contributed by atoms with Crippen molar-refractivity contribution >= 4 is 50.6 Å². The van der Waals surface area contributed by atoms with Gasteiger partial charge in [0.25, 0.3) is 11.8 Å². The highest BCUT2D eigenvalue weighted by Crippen LogP contribution is 2.31. The molecule has 1 aromatic heterocycles. The molecule has 8 nitrogen and oxygen atoms in total. The van der Waals surface area contributed by atoms with Gasteiger partial charge < -0.3 is 21.7 Å². The Morgan fingerprint density at radius 3 is 2.14 bits per heavy atom. The lowest BCUT2D eigenvalue weighted by molar-refractivity contribution is -0.114. The van der Waals surface area contributed by atoms with Gasteiger partial charge in [0.2, 0.25) is 5.91 Å². The first kappa shape index (κ1) is 20.0. The number of nitrogens with one attached hydrogen (secondary N) is 3. The van der Waals surface area contributed by atoms with Crippen LogP contribution >= 0.6 is 11.3 Å². The minimum atomic E-state index is -0.741. The zero-order valence-electron chi connectivity index (χ0n) is 15.8. The van der Waals surface area contributed by atoms with Crippen LogP contribution in [0.4, 0.5) is 21.5 Å². The number of benzene rings is 2. The van der Waals surface area contributed by atoms with E-state index in [2.05, 4.69) is 20.9 Å². The molecule has 0 fully saturated rings. The lowest BCUT2D eigenvalue weighted by Crippen LogP contribution is -2.17. The van der Waals surface area contributed by atoms with Crippen LogP contribution in [-0.2, 0) is 4.79 Å². The molecule has 5 N–H and O–H groups in total. The summed E-state index contributed by atoms with van der Waals surface area (Å²) in [7, 11) is 0. The molecule has 9 heteroatoms. The number of carbonyl (C=O) groups is 3. The number of primary amides is 1. The quantitative estimate of drug-likeness (QED) is 0.496. The Morgan fingerprint density at radius 2 is 1.55 bits per heavy atom. The molecule has 0 aliphatic heterocycles. The first-order valence-electron chi connectivity index (χ1n) is 8.65. The smallest absolute Gasteiger partial charge is 0.270 e. The molecule has 0 saturated heterocycles. The summed E-state index contributed by atoms with van der Waals surface area (Å²) in [5, 5.41) is 9.08. The maximum atomic E-state index is 12.5. The van der Waals surface area contributed by atoms with Crippen molar-refractivity contribution in [1.29, 1.82) is 0 Å². The van der Waals surface area contributed by atoms with Crippen LogP contribution in [0.5, 0.6) is 0 Å². The Hall–Kier alpha value is -3.72. The molecule has 1 heterocycles. The Bertz CT molecular complexity index is 1060. The van der Waals surface area contributed by atoms with Crippen LogP contribution in [0.25, 0.3) is 0 Å². The van der Waals surface area contributed by atoms with Crippen molar-refractivity contribution in [3.05, 3.63) is 65.4 Å². The highest BCUT2D eigenvalue weighted by molar-refractivity contribution is 7.20. The Labute approximate surface area is 171 Å². The molecule has 3 rings (SSSR count). The number of hydrogen-bond donors (Lipinski definition) is 4. The van der Waals surface area contributed by atoms with Crippen molar-refractivity contribution in [3.63, 3.8) is 0 Å². The molecule has 0 aliphatic rings. The van der Waals surface area contributed by atoms with Gasteiger partial charge in [0, 0.05) is 23.9 Å². The SMILES string of the molecule is CC(=O)Nc1ccc(C(=O)Nc2sc(Nc3ccc(C)cc3)nc2C(N)=O)cc1. The maximum absolute atomic E-state index is 12.5. The molecule has 29 heavy (non-hydrogen) atoms. The van der Waals surface area contributed by atoms with Crippen molar-refractivity contribution in [2.75, 3.05) is 16.0 Å². The average Bonchev–Trinajstić information content (AvgIpc) is 3.06. The van der Waals surface area contributed by atoms with Gasteiger partial charge in [-0.2, -0.15) is 0 Å². The predicted octanol–water partition coefficient (Wildman–Crippen LogP) is 3.50. The third kappa shape index (κ3) is 5.17. The normalized spacial score (nSPS) is 10.3. The van der Waals surface area contributed by atoms with Gasteiger partial charge in [-0.15, -0.1) is 0 Å². The van der Waals surface area contributed by atoms with Crippen LogP contribution in [0.15, 0.2) is 48.5 Å². The zero-order valence-corrected chi connectivity index (χ0v) is 16.6. The van der Waals surface area contributed by atoms with Crippen LogP contribution in [0.1, 0.15) is 33.3 Å². The molecule has 0 bridgehead atoms. The summed E-state index contributed by atoms with van der Waals surface area (Å²) in [6.07, 6.45) is 0. The van der Waals surface area contributed by atoms with Gasteiger partial charge in [-0.1, -0.05) is 29.0 Å². The van der Waals surface area contributed by atoms with Gasteiger partial charge in [0.05, 0.1) is 0 Å². The van der Waals surface area contributed by atoms with E-state index >= 15 is 0 Å². The lowest BCUT2D eigenvalue weighted by Gasteiger charge is -2.05. The second-order valence-corrected chi connectivity index (χ2v) is 7.26. The zero-order chi connectivity index (χ0) is 21.0. The number of anilines is 4. The minimum Gasteiger partial charge on any atom is -0.364 e. The Balaban J connectivity index is 1.77. The van der Waals surface area contributed by atoms with Gasteiger partial charge in [-0.25, -0.2) is 4.98 Å². The molecule has 0 atom stereocenters. The number of nitrogens with two attached hydrogens (primary N) is 1. The van der Waals surface area contributed by atoms with Crippen LogP contribution in [0, 0.1) is 6.92 Å². The number of amides is 3. The molecule has 3 amide bonds. The van der Waals surface area contributed by atoms with Gasteiger partial charge in [-0.3, -0.25) is 14.4 Å². The fourth-order valence-corrected chi connectivity index (χ4v) is 3.35. The number of thiazole rings is 1.